The molecule has 33 heavy (non-hydrogen) atoms. The van der Waals surface area contributed by atoms with Crippen LogP contribution in [0.3, 0.4) is 0 Å². The van der Waals surface area contributed by atoms with Crippen LogP contribution < -0.4 is 14.4 Å². The molecule has 0 saturated carbocycles. The van der Waals surface area contributed by atoms with Crippen LogP contribution in [0.2, 0.25) is 0 Å². The Morgan fingerprint density at radius 3 is 2.18 bits per heavy atom. The SMILES string of the molecule is COc1ccc(C(=O)N(Cc2ccccc2)C2CC(=O)N(c3ccccc3)C2=O)cc1OC. The van der Waals surface area contributed by atoms with Crippen molar-refractivity contribution in [2.45, 2.75) is 19.0 Å². The van der Waals surface area contributed by atoms with E-state index in [0.29, 0.717) is 22.7 Å². The number of ether oxygens (including phenoxy) is 2. The van der Waals surface area contributed by atoms with Crippen molar-refractivity contribution < 1.29 is 23.9 Å². The minimum Gasteiger partial charge on any atom is -0.493 e. The second-order valence-electron chi connectivity index (χ2n) is 7.61. The lowest BCUT2D eigenvalue weighted by Crippen LogP contribution is -2.45. The molecule has 3 aromatic rings. The summed E-state index contributed by atoms with van der Waals surface area (Å²) in [6, 6.07) is 22.1. The number of amides is 3. The van der Waals surface area contributed by atoms with Crippen molar-refractivity contribution in [3.05, 3.63) is 90.0 Å². The summed E-state index contributed by atoms with van der Waals surface area (Å²) in [5.41, 5.74) is 1.68. The standard InChI is InChI=1S/C26H24N2O5/c1-32-22-14-13-19(15-23(22)33-2)25(30)27(17-18-9-5-3-6-10-18)21-16-24(29)28(26(21)31)20-11-7-4-8-12-20/h3-15,21H,16-17H2,1-2H3. The van der Waals surface area contributed by atoms with Crippen molar-refractivity contribution in [1.29, 1.82) is 0 Å². The second-order valence-corrected chi connectivity index (χ2v) is 7.61. The summed E-state index contributed by atoms with van der Waals surface area (Å²) in [4.78, 5) is 42.5. The molecule has 0 spiro atoms. The molecule has 3 aromatic carbocycles. The molecule has 3 amide bonds. The maximum absolute atomic E-state index is 13.6. The van der Waals surface area contributed by atoms with Gasteiger partial charge >= 0.3 is 0 Å². The minimum atomic E-state index is -0.918. The summed E-state index contributed by atoms with van der Waals surface area (Å²) >= 11 is 0. The molecule has 1 atom stereocenters. The maximum Gasteiger partial charge on any atom is 0.257 e. The highest BCUT2D eigenvalue weighted by Crippen LogP contribution is 2.31. The second kappa shape index (κ2) is 9.56. The number of hydrogen-bond acceptors (Lipinski definition) is 5. The molecule has 1 heterocycles. The van der Waals surface area contributed by atoms with Crippen LogP contribution in [-0.2, 0) is 16.1 Å². The molecule has 1 saturated heterocycles. The van der Waals surface area contributed by atoms with Gasteiger partial charge in [-0.2, -0.15) is 0 Å². The molecule has 4 rings (SSSR count). The lowest BCUT2D eigenvalue weighted by molar-refractivity contribution is -0.122. The molecule has 1 unspecified atom stereocenters. The van der Waals surface area contributed by atoms with E-state index >= 15 is 0 Å². The first-order valence-corrected chi connectivity index (χ1v) is 10.5. The Bertz CT molecular complexity index is 1160. The predicted molar refractivity (Wildman–Crippen MR) is 123 cm³/mol. The fourth-order valence-electron chi connectivity index (χ4n) is 3.95. The van der Waals surface area contributed by atoms with Crippen LogP contribution in [0.15, 0.2) is 78.9 Å². The fourth-order valence-corrected chi connectivity index (χ4v) is 3.95. The van der Waals surface area contributed by atoms with Gasteiger partial charge in [-0.1, -0.05) is 48.5 Å². The Kier molecular flexibility index (Phi) is 6.40. The highest BCUT2D eigenvalue weighted by molar-refractivity contribution is 6.23. The van der Waals surface area contributed by atoms with Crippen molar-refractivity contribution in [3.8, 4) is 11.5 Å². The number of rotatable bonds is 7. The third kappa shape index (κ3) is 4.43. The number of benzene rings is 3. The molecule has 168 valence electrons. The molecule has 0 bridgehead atoms. The van der Waals surface area contributed by atoms with Crippen LogP contribution in [0.1, 0.15) is 22.3 Å². The molecule has 1 aliphatic heterocycles. The number of methoxy groups -OCH3 is 2. The van der Waals surface area contributed by atoms with E-state index in [1.807, 2.05) is 36.4 Å². The Labute approximate surface area is 192 Å². The molecule has 7 nitrogen and oxygen atoms in total. The molecular weight excluding hydrogens is 420 g/mol. The third-order valence-electron chi connectivity index (χ3n) is 5.60. The van der Waals surface area contributed by atoms with E-state index in [9.17, 15) is 14.4 Å². The first-order valence-electron chi connectivity index (χ1n) is 10.5. The summed E-state index contributed by atoms with van der Waals surface area (Å²) in [5, 5.41) is 0. The number of imide groups is 1. The van der Waals surface area contributed by atoms with Gasteiger partial charge in [0.25, 0.3) is 11.8 Å². The van der Waals surface area contributed by atoms with Crippen LogP contribution in [0.25, 0.3) is 0 Å². The van der Waals surface area contributed by atoms with Gasteiger partial charge in [-0.05, 0) is 35.9 Å². The van der Waals surface area contributed by atoms with E-state index < -0.39 is 11.9 Å². The van der Waals surface area contributed by atoms with Crippen molar-refractivity contribution in [1.82, 2.24) is 4.90 Å². The lowest BCUT2D eigenvalue weighted by Gasteiger charge is -2.28. The Balaban J connectivity index is 1.70. The van der Waals surface area contributed by atoms with Crippen LogP contribution >= 0.6 is 0 Å². The number of carbonyl (C=O) groups is 3. The zero-order valence-corrected chi connectivity index (χ0v) is 18.4. The monoisotopic (exact) mass is 444 g/mol. The zero-order chi connectivity index (χ0) is 23.4. The first-order chi connectivity index (χ1) is 16.0. The molecule has 1 fully saturated rings. The summed E-state index contributed by atoms with van der Waals surface area (Å²) in [6.45, 7) is 0.181. The van der Waals surface area contributed by atoms with Crippen LogP contribution in [0.4, 0.5) is 5.69 Å². The number of carbonyl (C=O) groups excluding carboxylic acids is 3. The van der Waals surface area contributed by atoms with Crippen molar-refractivity contribution >= 4 is 23.4 Å². The maximum atomic E-state index is 13.6. The van der Waals surface area contributed by atoms with Crippen LogP contribution in [0, 0.1) is 0 Å². The normalized spacial score (nSPS) is 15.5. The van der Waals surface area contributed by atoms with E-state index in [2.05, 4.69) is 0 Å². The van der Waals surface area contributed by atoms with Gasteiger partial charge in [0.05, 0.1) is 26.3 Å². The van der Waals surface area contributed by atoms with Crippen LogP contribution in [0.5, 0.6) is 11.5 Å². The van der Waals surface area contributed by atoms with Gasteiger partial charge in [0, 0.05) is 12.1 Å². The highest BCUT2D eigenvalue weighted by atomic mass is 16.5. The highest BCUT2D eigenvalue weighted by Gasteiger charge is 2.44. The quantitative estimate of drug-likeness (QED) is 0.520. The van der Waals surface area contributed by atoms with Gasteiger partial charge in [0.15, 0.2) is 11.5 Å². The zero-order valence-electron chi connectivity index (χ0n) is 18.4. The minimum absolute atomic E-state index is 0.0837. The van der Waals surface area contributed by atoms with Gasteiger partial charge in [0.1, 0.15) is 6.04 Å². The smallest absolute Gasteiger partial charge is 0.257 e. The molecular formula is C26H24N2O5. The van der Waals surface area contributed by atoms with Crippen molar-refractivity contribution in [3.63, 3.8) is 0 Å². The topological polar surface area (TPSA) is 76.2 Å². The first kappa shape index (κ1) is 22.1. The van der Waals surface area contributed by atoms with E-state index in [-0.39, 0.29) is 24.8 Å². The number of para-hydroxylation sites is 1. The van der Waals surface area contributed by atoms with Gasteiger partial charge in [-0.25, -0.2) is 4.90 Å². The average Bonchev–Trinajstić information content (AvgIpc) is 3.16. The Hall–Kier alpha value is -4.13. The summed E-state index contributed by atoms with van der Waals surface area (Å²) < 4.78 is 10.6. The lowest BCUT2D eigenvalue weighted by atomic mass is 10.1. The van der Waals surface area contributed by atoms with E-state index in [1.165, 1.54) is 19.1 Å². The summed E-state index contributed by atoms with van der Waals surface area (Å²) in [7, 11) is 3.01. The van der Waals surface area contributed by atoms with Gasteiger partial charge in [-0.15, -0.1) is 0 Å². The van der Waals surface area contributed by atoms with Gasteiger partial charge in [-0.3, -0.25) is 14.4 Å². The van der Waals surface area contributed by atoms with Crippen LogP contribution in [-0.4, -0.2) is 42.9 Å². The van der Waals surface area contributed by atoms with E-state index in [1.54, 1.807) is 42.5 Å². The molecule has 0 radical (unpaired) electrons. The average molecular weight is 444 g/mol. The fraction of sp³-hybridized carbons (Fsp3) is 0.192. The molecule has 1 aliphatic rings. The van der Waals surface area contributed by atoms with Crippen molar-refractivity contribution in [2.75, 3.05) is 19.1 Å². The Morgan fingerprint density at radius 1 is 0.909 bits per heavy atom. The summed E-state index contributed by atoms with van der Waals surface area (Å²) in [6.07, 6.45) is -0.0837. The third-order valence-corrected chi connectivity index (χ3v) is 5.60. The molecule has 0 N–H and O–H groups in total. The number of anilines is 1. The Morgan fingerprint density at radius 2 is 1.55 bits per heavy atom. The largest absolute Gasteiger partial charge is 0.493 e. The van der Waals surface area contributed by atoms with Gasteiger partial charge in [0.2, 0.25) is 5.91 Å². The number of hydrogen-bond donors (Lipinski definition) is 0. The number of nitrogens with zero attached hydrogens (tertiary/aromatic N) is 2. The predicted octanol–water partition coefficient (Wildman–Crippen LogP) is 3.68. The summed E-state index contributed by atoms with van der Waals surface area (Å²) in [5.74, 6) is -0.236. The van der Waals surface area contributed by atoms with E-state index in [0.717, 1.165) is 10.5 Å². The molecule has 0 aromatic heterocycles. The molecule has 7 heteroatoms. The van der Waals surface area contributed by atoms with Gasteiger partial charge < -0.3 is 14.4 Å². The van der Waals surface area contributed by atoms with Crippen molar-refractivity contribution in [2.24, 2.45) is 0 Å². The molecule has 0 aliphatic carbocycles. The van der Waals surface area contributed by atoms with E-state index in [4.69, 9.17) is 9.47 Å².